The van der Waals surface area contributed by atoms with E-state index < -0.39 is 0 Å². The summed E-state index contributed by atoms with van der Waals surface area (Å²) in [6.45, 7) is 2.46. The SMILES string of the molecule is C1=C[C@@H](N2CCC[C@@H](c3ccn[nH]3)C2)CCC1. The Kier molecular flexibility index (Phi) is 3.27. The third-order valence-electron chi connectivity index (χ3n) is 4.11. The standard InChI is InChI=1S/C14H21N3/c1-2-6-13(7-3-1)17-10-4-5-12(11-17)14-8-9-15-16-14/h2,6,8-9,12-13H,1,3-5,7,10-11H2,(H,15,16)/t12-,13-/m1/s1. The second-order valence-corrected chi connectivity index (χ2v) is 5.27. The minimum Gasteiger partial charge on any atom is -0.296 e. The zero-order valence-electron chi connectivity index (χ0n) is 10.3. The molecule has 3 rings (SSSR count). The van der Waals surface area contributed by atoms with Crippen LogP contribution in [0.15, 0.2) is 24.4 Å². The number of likely N-dealkylation sites (tertiary alicyclic amines) is 1. The van der Waals surface area contributed by atoms with Gasteiger partial charge in [-0.3, -0.25) is 10.00 Å². The first-order chi connectivity index (χ1) is 8.43. The van der Waals surface area contributed by atoms with Crippen LogP contribution in [0.4, 0.5) is 0 Å². The van der Waals surface area contributed by atoms with Gasteiger partial charge < -0.3 is 0 Å². The first-order valence-electron chi connectivity index (χ1n) is 6.83. The molecule has 1 aromatic rings. The van der Waals surface area contributed by atoms with Crippen molar-refractivity contribution < 1.29 is 0 Å². The van der Waals surface area contributed by atoms with Crippen molar-refractivity contribution in [2.75, 3.05) is 13.1 Å². The molecular formula is C14H21N3. The third kappa shape index (κ3) is 2.44. The van der Waals surface area contributed by atoms with E-state index in [2.05, 4.69) is 33.3 Å². The molecule has 1 aromatic heterocycles. The molecule has 92 valence electrons. The molecule has 1 N–H and O–H groups in total. The number of H-pyrrole nitrogens is 1. The van der Waals surface area contributed by atoms with Crippen molar-refractivity contribution in [1.29, 1.82) is 0 Å². The monoisotopic (exact) mass is 231 g/mol. The largest absolute Gasteiger partial charge is 0.296 e. The first kappa shape index (κ1) is 11.0. The number of nitrogens with one attached hydrogen (secondary N) is 1. The van der Waals surface area contributed by atoms with E-state index in [4.69, 9.17) is 0 Å². The predicted molar refractivity (Wildman–Crippen MR) is 68.9 cm³/mol. The zero-order valence-corrected chi connectivity index (χ0v) is 10.3. The summed E-state index contributed by atoms with van der Waals surface area (Å²) >= 11 is 0. The van der Waals surface area contributed by atoms with E-state index in [1.165, 1.54) is 50.9 Å². The van der Waals surface area contributed by atoms with Crippen LogP contribution in [0, 0.1) is 0 Å². The highest BCUT2D eigenvalue weighted by atomic mass is 15.2. The van der Waals surface area contributed by atoms with Gasteiger partial charge in [0, 0.05) is 30.4 Å². The van der Waals surface area contributed by atoms with Gasteiger partial charge in [0.1, 0.15) is 0 Å². The molecular weight excluding hydrogens is 210 g/mol. The van der Waals surface area contributed by atoms with Crippen LogP contribution < -0.4 is 0 Å². The van der Waals surface area contributed by atoms with Crippen LogP contribution in [-0.4, -0.2) is 34.2 Å². The number of aromatic nitrogens is 2. The Balaban J connectivity index is 1.67. The van der Waals surface area contributed by atoms with Crippen molar-refractivity contribution in [3.63, 3.8) is 0 Å². The van der Waals surface area contributed by atoms with Crippen molar-refractivity contribution in [2.45, 2.75) is 44.1 Å². The summed E-state index contributed by atoms with van der Waals surface area (Å²) in [4.78, 5) is 2.66. The van der Waals surface area contributed by atoms with Gasteiger partial charge in [-0.15, -0.1) is 0 Å². The second kappa shape index (κ2) is 5.05. The topological polar surface area (TPSA) is 31.9 Å². The van der Waals surface area contributed by atoms with Crippen molar-refractivity contribution in [3.05, 3.63) is 30.1 Å². The van der Waals surface area contributed by atoms with E-state index in [0.29, 0.717) is 12.0 Å². The van der Waals surface area contributed by atoms with Gasteiger partial charge in [-0.1, -0.05) is 12.2 Å². The van der Waals surface area contributed by atoms with Gasteiger partial charge in [0.25, 0.3) is 0 Å². The van der Waals surface area contributed by atoms with Gasteiger partial charge in [0.05, 0.1) is 0 Å². The van der Waals surface area contributed by atoms with Crippen LogP contribution in [0.2, 0.25) is 0 Å². The van der Waals surface area contributed by atoms with E-state index in [0.717, 1.165) is 0 Å². The Morgan fingerprint density at radius 1 is 1.29 bits per heavy atom. The van der Waals surface area contributed by atoms with Gasteiger partial charge in [-0.05, 0) is 44.7 Å². The lowest BCUT2D eigenvalue weighted by Crippen LogP contribution is -2.41. The highest BCUT2D eigenvalue weighted by Crippen LogP contribution is 2.28. The lowest BCUT2D eigenvalue weighted by Gasteiger charge is -2.37. The number of allylic oxidation sites excluding steroid dienone is 1. The summed E-state index contributed by atoms with van der Waals surface area (Å²) in [5.74, 6) is 0.654. The van der Waals surface area contributed by atoms with Crippen LogP contribution in [-0.2, 0) is 0 Å². The molecule has 3 heteroatoms. The zero-order chi connectivity index (χ0) is 11.5. The maximum absolute atomic E-state index is 4.08. The van der Waals surface area contributed by atoms with E-state index >= 15 is 0 Å². The first-order valence-corrected chi connectivity index (χ1v) is 6.83. The molecule has 2 heterocycles. The summed E-state index contributed by atoms with van der Waals surface area (Å²) in [6.07, 6.45) is 13.2. The highest BCUT2D eigenvalue weighted by Gasteiger charge is 2.26. The predicted octanol–water partition coefficient (Wildman–Crippen LogP) is 2.70. The summed E-state index contributed by atoms with van der Waals surface area (Å²) in [6, 6.07) is 2.82. The van der Waals surface area contributed by atoms with Crippen LogP contribution in [0.3, 0.4) is 0 Å². The summed E-state index contributed by atoms with van der Waals surface area (Å²) in [5.41, 5.74) is 1.31. The molecule has 0 aromatic carbocycles. The van der Waals surface area contributed by atoms with Gasteiger partial charge >= 0.3 is 0 Å². The van der Waals surface area contributed by atoms with Crippen LogP contribution >= 0.6 is 0 Å². The van der Waals surface area contributed by atoms with E-state index in [1.807, 2.05) is 6.20 Å². The van der Waals surface area contributed by atoms with E-state index in [9.17, 15) is 0 Å². The van der Waals surface area contributed by atoms with Gasteiger partial charge in [-0.2, -0.15) is 5.10 Å². The number of aromatic amines is 1. The van der Waals surface area contributed by atoms with Gasteiger partial charge in [-0.25, -0.2) is 0 Å². The Morgan fingerprint density at radius 3 is 3.06 bits per heavy atom. The highest BCUT2D eigenvalue weighted by molar-refractivity contribution is 5.09. The molecule has 2 aliphatic rings. The van der Waals surface area contributed by atoms with Gasteiger partial charge in [0.15, 0.2) is 0 Å². The molecule has 0 spiro atoms. The number of nitrogens with zero attached hydrogens (tertiary/aromatic N) is 2. The Bertz CT molecular complexity index is 369. The maximum atomic E-state index is 4.08. The average Bonchev–Trinajstić information content (AvgIpc) is 2.94. The molecule has 0 saturated carbocycles. The molecule has 17 heavy (non-hydrogen) atoms. The minimum absolute atomic E-state index is 0.654. The van der Waals surface area contributed by atoms with Crippen molar-refractivity contribution >= 4 is 0 Å². The van der Waals surface area contributed by atoms with Crippen LogP contribution in [0.5, 0.6) is 0 Å². The van der Waals surface area contributed by atoms with Gasteiger partial charge in [0.2, 0.25) is 0 Å². The quantitative estimate of drug-likeness (QED) is 0.794. The number of hydrogen-bond acceptors (Lipinski definition) is 2. The van der Waals surface area contributed by atoms with Crippen LogP contribution in [0.25, 0.3) is 0 Å². The number of hydrogen-bond donors (Lipinski definition) is 1. The normalized spacial score (nSPS) is 30.6. The van der Waals surface area contributed by atoms with E-state index in [1.54, 1.807) is 0 Å². The van der Waals surface area contributed by atoms with Crippen LogP contribution in [0.1, 0.15) is 43.7 Å². The Morgan fingerprint density at radius 2 is 2.29 bits per heavy atom. The molecule has 1 aliphatic carbocycles. The van der Waals surface area contributed by atoms with Crippen molar-refractivity contribution in [1.82, 2.24) is 15.1 Å². The second-order valence-electron chi connectivity index (χ2n) is 5.27. The minimum atomic E-state index is 0.654. The fourth-order valence-corrected chi connectivity index (χ4v) is 3.15. The molecule has 1 aliphatic heterocycles. The fourth-order valence-electron chi connectivity index (χ4n) is 3.15. The van der Waals surface area contributed by atoms with E-state index in [-0.39, 0.29) is 0 Å². The van der Waals surface area contributed by atoms with Crippen molar-refractivity contribution in [3.8, 4) is 0 Å². The Hall–Kier alpha value is -1.09. The lowest BCUT2D eigenvalue weighted by molar-refractivity contribution is 0.161. The molecule has 0 bridgehead atoms. The molecule has 0 amide bonds. The molecule has 0 radical (unpaired) electrons. The summed E-state index contributed by atoms with van der Waals surface area (Å²) in [7, 11) is 0. The molecule has 0 unspecified atom stereocenters. The molecule has 1 saturated heterocycles. The maximum Gasteiger partial charge on any atom is 0.0490 e. The summed E-state index contributed by atoms with van der Waals surface area (Å²) < 4.78 is 0. The fraction of sp³-hybridized carbons (Fsp3) is 0.643. The lowest BCUT2D eigenvalue weighted by atomic mass is 9.92. The molecule has 3 nitrogen and oxygen atoms in total. The average molecular weight is 231 g/mol. The third-order valence-corrected chi connectivity index (χ3v) is 4.11. The molecule has 1 fully saturated rings. The smallest absolute Gasteiger partial charge is 0.0490 e. The van der Waals surface area contributed by atoms with Crippen molar-refractivity contribution in [2.24, 2.45) is 0 Å². The molecule has 2 atom stereocenters. The summed E-state index contributed by atoms with van der Waals surface area (Å²) in [5, 5.41) is 7.21. The number of piperidine rings is 1. The Labute approximate surface area is 103 Å². The number of rotatable bonds is 2.